The number of hydrogen-bond donors (Lipinski definition) is 3. The maximum atomic E-state index is 12.0. The number of amides is 2. The van der Waals surface area contributed by atoms with Crippen LogP contribution in [0.5, 0.6) is 0 Å². The molecule has 0 radical (unpaired) electrons. The van der Waals surface area contributed by atoms with E-state index in [0.717, 1.165) is 11.3 Å². The van der Waals surface area contributed by atoms with Crippen LogP contribution in [0.15, 0.2) is 12.1 Å². The van der Waals surface area contributed by atoms with Crippen LogP contribution in [0.1, 0.15) is 36.9 Å². The van der Waals surface area contributed by atoms with Crippen LogP contribution in [0, 0.1) is 5.92 Å². The van der Waals surface area contributed by atoms with Crippen LogP contribution in [0.2, 0.25) is 0 Å². The Morgan fingerprint density at radius 1 is 1.30 bits per heavy atom. The number of aliphatic carboxylic acids is 1. The number of carbonyl (C=O) groups is 3. The van der Waals surface area contributed by atoms with Gasteiger partial charge >= 0.3 is 5.97 Å². The van der Waals surface area contributed by atoms with Gasteiger partial charge in [0.2, 0.25) is 5.91 Å². The maximum Gasteiger partial charge on any atom is 0.326 e. The van der Waals surface area contributed by atoms with Crippen LogP contribution in [0.3, 0.4) is 0 Å². The molecule has 0 unspecified atom stereocenters. The molecule has 1 atom stereocenters. The average molecular weight is 298 g/mol. The number of carboxylic acids is 1. The molecule has 1 rings (SSSR count). The van der Waals surface area contributed by atoms with Crippen molar-refractivity contribution in [3.05, 3.63) is 17.0 Å². The molecule has 0 fully saturated rings. The first-order chi connectivity index (χ1) is 9.29. The van der Waals surface area contributed by atoms with E-state index in [0.29, 0.717) is 16.3 Å². The number of anilines is 1. The lowest BCUT2D eigenvalue weighted by Gasteiger charge is -2.15. The van der Waals surface area contributed by atoms with E-state index in [1.807, 2.05) is 13.8 Å². The molecule has 1 heterocycles. The van der Waals surface area contributed by atoms with Gasteiger partial charge in [0.25, 0.3) is 5.91 Å². The predicted molar refractivity (Wildman–Crippen MR) is 77.0 cm³/mol. The summed E-state index contributed by atoms with van der Waals surface area (Å²) < 4.78 is 0. The number of hydrogen-bond acceptors (Lipinski definition) is 4. The fourth-order valence-electron chi connectivity index (χ4n) is 1.62. The summed E-state index contributed by atoms with van der Waals surface area (Å²) in [6.45, 7) is 5.16. The molecule has 0 saturated heterocycles. The van der Waals surface area contributed by atoms with E-state index in [-0.39, 0.29) is 11.8 Å². The molecule has 6 nitrogen and oxygen atoms in total. The third kappa shape index (κ3) is 5.00. The average Bonchev–Trinajstić information content (AvgIpc) is 2.74. The first kappa shape index (κ1) is 16.2. The van der Waals surface area contributed by atoms with E-state index < -0.39 is 17.9 Å². The molecule has 2 amide bonds. The van der Waals surface area contributed by atoms with E-state index in [4.69, 9.17) is 5.11 Å². The van der Waals surface area contributed by atoms with Gasteiger partial charge in [-0.2, -0.15) is 0 Å². The first-order valence-corrected chi connectivity index (χ1v) is 7.02. The molecule has 1 aromatic rings. The summed E-state index contributed by atoms with van der Waals surface area (Å²) in [6, 6.07) is 2.26. The van der Waals surface area contributed by atoms with Crippen molar-refractivity contribution in [1.82, 2.24) is 5.32 Å². The van der Waals surface area contributed by atoms with Gasteiger partial charge in [-0.05, 0) is 24.5 Å². The third-order valence-corrected chi connectivity index (χ3v) is 3.44. The monoisotopic (exact) mass is 298 g/mol. The summed E-state index contributed by atoms with van der Waals surface area (Å²) in [6.07, 6.45) is 0.366. The van der Waals surface area contributed by atoms with Gasteiger partial charge in [0, 0.05) is 6.92 Å². The Morgan fingerprint density at radius 3 is 2.45 bits per heavy atom. The summed E-state index contributed by atoms with van der Waals surface area (Å²) >= 11 is 1.10. The van der Waals surface area contributed by atoms with E-state index in [1.165, 1.54) is 6.92 Å². The van der Waals surface area contributed by atoms with Crippen molar-refractivity contribution in [3.63, 3.8) is 0 Å². The normalized spacial score (nSPS) is 12.0. The van der Waals surface area contributed by atoms with Gasteiger partial charge in [0.15, 0.2) is 0 Å². The minimum Gasteiger partial charge on any atom is -0.480 e. The highest BCUT2D eigenvalue weighted by Crippen LogP contribution is 2.22. The third-order valence-electron chi connectivity index (χ3n) is 2.44. The van der Waals surface area contributed by atoms with Crippen LogP contribution in [0.4, 0.5) is 5.00 Å². The van der Waals surface area contributed by atoms with Crippen molar-refractivity contribution < 1.29 is 19.5 Å². The van der Waals surface area contributed by atoms with Crippen molar-refractivity contribution >= 4 is 34.1 Å². The van der Waals surface area contributed by atoms with Crippen molar-refractivity contribution in [2.45, 2.75) is 33.2 Å². The van der Waals surface area contributed by atoms with Gasteiger partial charge in [-0.1, -0.05) is 13.8 Å². The molecular formula is C13H18N2O4S. The number of nitrogens with one attached hydrogen (secondary N) is 2. The molecule has 0 aromatic carbocycles. The number of rotatable bonds is 6. The summed E-state index contributed by atoms with van der Waals surface area (Å²) in [4.78, 5) is 34.3. The van der Waals surface area contributed by atoms with Gasteiger partial charge < -0.3 is 15.7 Å². The standard InChI is InChI=1S/C13H18N2O4S/c1-7(2)6-9(13(18)19)15-12(17)10-4-5-11(20-10)14-8(3)16/h4-5,7,9H,6H2,1-3H3,(H,14,16)(H,15,17)(H,18,19)/t9-/m1/s1. The van der Waals surface area contributed by atoms with Crippen LogP contribution < -0.4 is 10.6 Å². The largest absolute Gasteiger partial charge is 0.480 e. The van der Waals surface area contributed by atoms with E-state index in [9.17, 15) is 14.4 Å². The predicted octanol–water partition coefficient (Wildman–Crippen LogP) is 1.94. The Balaban J connectivity index is 2.71. The Kier molecular flexibility index (Phi) is 5.69. The quantitative estimate of drug-likeness (QED) is 0.748. The zero-order valence-electron chi connectivity index (χ0n) is 11.6. The lowest BCUT2D eigenvalue weighted by Crippen LogP contribution is -2.41. The molecule has 0 bridgehead atoms. The molecule has 0 aliphatic heterocycles. The molecule has 0 saturated carbocycles. The SMILES string of the molecule is CC(=O)Nc1ccc(C(=O)N[C@H](CC(C)C)C(=O)O)s1. The zero-order valence-corrected chi connectivity index (χ0v) is 12.4. The van der Waals surface area contributed by atoms with Gasteiger partial charge in [-0.25, -0.2) is 4.79 Å². The van der Waals surface area contributed by atoms with Gasteiger partial charge in [-0.15, -0.1) is 11.3 Å². The molecule has 110 valence electrons. The highest BCUT2D eigenvalue weighted by atomic mass is 32.1. The molecule has 20 heavy (non-hydrogen) atoms. The smallest absolute Gasteiger partial charge is 0.326 e. The minimum absolute atomic E-state index is 0.162. The first-order valence-electron chi connectivity index (χ1n) is 6.20. The number of carboxylic acid groups (broad SMARTS) is 1. The molecule has 0 spiro atoms. The maximum absolute atomic E-state index is 12.0. The Hall–Kier alpha value is -1.89. The Morgan fingerprint density at radius 2 is 1.95 bits per heavy atom. The van der Waals surface area contributed by atoms with E-state index in [2.05, 4.69) is 10.6 Å². The second-order valence-electron chi connectivity index (χ2n) is 4.84. The van der Waals surface area contributed by atoms with E-state index >= 15 is 0 Å². The fourth-order valence-corrected chi connectivity index (χ4v) is 2.48. The summed E-state index contributed by atoms with van der Waals surface area (Å²) in [5.41, 5.74) is 0. The zero-order chi connectivity index (χ0) is 15.3. The summed E-state index contributed by atoms with van der Waals surface area (Å²) in [5.74, 6) is -1.55. The summed E-state index contributed by atoms with van der Waals surface area (Å²) in [7, 11) is 0. The lowest BCUT2D eigenvalue weighted by atomic mass is 10.0. The van der Waals surface area contributed by atoms with Crippen LogP contribution >= 0.6 is 11.3 Å². The molecular weight excluding hydrogens is 280 g/mol. The topological polar surface area (TPSA) is 95.5 Å². The summed E-state index contributed by atoms with van der Waals surface area (Å²) in [5, 5.41) is 14.7. The van der Waals surface area contributed by atoms with Gasteiger partial charge in [-0.3, -0.25) is 9.59 Å². The van der Waals surface area contributed by atoms with Gasteiger partial charge in [0.05, 0.1) is 9.88 Å². The number of carbonyl (C=O) groups excluding carboxylic acids is 2. The van der Waals surface area contributed by atoms with Crippen LogP contribution in [-0.2, 0) is 9.59 Å². The minimum atomic E-state index is -1.05. The van der Waals surface area contributed by atoms with E-state index in [1.54, 1.807) is 12.1 Å². The molecule has 7 heteroatoms. The van der Waals surface area contributed by atoms with Crippen LogP contribution in [-0.4, -0.2) is 28.9 Å². The van der Waals surface area contributed by atoms with Crippen molar-refractivity contribution in [1.29, 1.82) is 0 Å². The Bertz CT molecular complexity index is 510. The van der Waals surface area contributed by atoms with Crippen molar-refractivity contribution in [2.75, 3.05) is 5.32 Å². The second-order valence-corrected chi connectivity index (χ2v) is 5.92. The van der Waals surface area contributed by atoms with Crippen molar-refractivity contribution in [2.24, 2.45) is 5.92 Å². The lowest BCUT2D eigenvalue weighted by molar-refractivity contribution is -0.139. The molecule has 3 N–H and O–H groups in total. The van der Waals surface area contributed by atoms with Gasteiger partial charge in [0.1, 0.15) is 6.04 Å². The second kappa shape index (κ2) is 7.04. The molecule has 1 aromatic heterocycles. The Labute approximate surface area is 121 Å². The highest BCUT2D eigenvalue weighted by Gasteiger charge is 2.22. The van der Waals surface area contributed by atoms with Crippen molar-refractivity contribution in [3.8, 4) is 0 Å². The molecule has 0 aliphatic carbocycles. The molecule has 0 aliphatic rings. The fraction of sp³-hybridized carbons (Fsp3) is 0.462. The van der Waals surface area contributed by atoms with Crippen LogP contribution in [0.25, 0.3) is 0 Å². The highest BCUT2D eigenvalue weighted by molar-refractivity contribution is 7.18. The number of thiophene rings is 1.